The molecule has 3 aliphatic heterocycles. The molecule has 0 aromatic rings. The van der Waals surface area contributed by atoms with E-state index in [2.05, 4.69) is 19.2 Å². The Morgan fingerprint density at radius 1 is 0.395 bits per heavy atom. The first kappa shape index (κ1) is 74.0. The van der Waals surface area contributed by atoms with E-state index in [4.69, 9.17) is 28.4 Å². The topological polar surface area (TPSA) is 307 Å². The van der Waals surface area contributed by atoms with Crippen LogP contribution in [0.2, 0.25) is 0 Å². The molecule has 1 amide bonds. The summed E-state index contributed by atoms with van der Waals surface area (Å²) in [6.07, 6.45) is 19.8. The zero-order valence-electron chi connectivity index (χ0n) is 50.3. The number of ether oxygens (including phenoxy) is 6. The molecule has 0 aliphatic carbocycles. The highest BCUT2D eigenvalue weighted by atomic mass is 16.8. The summed E-state index contributed by atoms with van der Waals surface area (Å²) in [7, 11) is 0. The van der Waals surface area contributed by atoms with Gasteiger partial charge in [-0.2, -0.15) is 0 Å². The van der Waals surface area contributed by atoms with E-state index in [-0.39, 0.29) is 18.9 Å². The van der Waals surface area contributed by atoms with Crippen molar-refractivity contribution < 1.29 is 89.4 Å². The lowest BCUT2D eigenvalue weighted by Gasteiger charge is -2.48. The maximum absolute atomic E-state index is 13.2. The second kappa shape index (κ2) is 46.0. The lowest BCUT2D eigenvalue weighted by Crippen LogP contribution is -2.66. The Morgan fingerprint density at radius 3 is 1.07 bits per heavy atom. The van der Waals surface area contributed by atoms with Gasteiger partial charge in [0.1, 0.15) is 73.2 Å². The minimum absolute atomic E-state index is 0.249. The number of hydrogen-bond donors (Lipinski definition) is 12. The van der Waals surface area contributed by atoms with Gasteiger partial charge in [-0.15, -0.1) is 0 Å². The molecular formula is C62H119NO18. The van der Waals surface area contributed by atoms with E-state index in [1.165, 1.54) is 167 Å². The van der Waals surface area contributed by atoms with E-state index in [1.54, 1.807) is 0 Å². The van der Waals surface area contributed by atoms with Crippen LogP contribution in [0.1, 0.15) is 258 Å². The first-order valence-corrected chi connectivity index (χ1v) is 32.8. The first-order valence-electron chi connectivity index (χ1n) is 32.8. The number of aliphatic hydroxyl groups excluding tert-OH is 11. The van der Waals surface area contributed by atoms with Gasteiger partial charge in [0.25, 0.3) is 0 Å². The average Bonchev–Trinajstić information content (AvgIpc) is 3.57. The Bertz CT molecular complexity index is 1490. The summed E-state index contributed by atoms with van der Waals surface area (Å²) >= 11 is 0. The lowest BCUT2D eigenvalue weighted by atomic mass is 9.96. The molecule has 19 heteroatoms. The molecule has 0 radical (unpaired) electrons. The van der Waals surface area contributed by atoms with E-state index < -0.39 is 124 Å². The predicted molar refractivity (Wildman–Crippen MR) is 310 cm³/mol. The minimum atomic E-state index is -1.97. The average molecular weight is 1170 g/mol. The molecule has 0 saturated carbocycles. The number of aliphatic hydroxyl groups is 11. The number of nitrogens with one attached hydrogen (secondary N) is 1. The van der Waals surface area contributed by atoms with Crippen molar-refractivity contribution in [3.05, 3.63) is 0 Å². The summed E-state index contributed by atoms with van der Waals surface area (Å²) in [5, 5.41) is 120. The summed E-state index contributed by atoms with van der Waals surface area (Å²) in [5.41, 5.74) is 0. The molecule has 0 aromatic heterocycles. The zero-order valence-corrected chi connectivity index (χ0v) is 50.3. The van der Waals surface area contributed by atoms with Crippen LogP contribution in [0.5, 0.6) is 0 Å². The minimum Gasteiger partial charge on any atom is -0.394 e. The monoisotopic (exact) mass is 1170 g/mol. The van der Waals surface area contributed by atoms with Gasteiger partial charge in [0, 0.05) is 6.42 Å². The van der Waals surface area contributed by atoms with Gasteiger partial charge in [-0.3, -0.25) is 4.79 Å². The van der Waals surface area contributed by atoms with E-state index >= 15 is 0 Å². The number of unbranched alkanes of at least 4 members (excludes halogenated alkanes) is 34. The second-order valence-corrected chi connectivity index (χ2v) is 23.9. The van der Waals surface area contributed by atoms with Gasteiger partial charge in [0.15, 0.2) is 18.9 Å². The van der Waals surface area contributed by atoms with Crippen molar-refractivity contribution in [3.63, 3.8) is 0 Å². The molecule has 480 valence electrons. The summed E-state index contributed by atoms with van der Waals surface area (Å²) in [6, 6.07) is -0.878. The smallest absolute Gasteiger partial charge is 0.220 e. The third kappa shape index (κ3) is 29.4. The van der Waals surface area contributed by atoms with E-state index in [9.17, 15) is 61.0 Å². The fourth-order valence-electron chi connectivity index (χ4n) is 11.6. The van der Waals surface area contributed by atoms with Crippen molar-refractivity contribution in [2.24, 2.45) is 0 Å². The third-order valence-electron chi connectivity index (χ3n) is 16.9. The Kier molecular flexibility index (Phi) is 42.1. The van der Waals surface area contributed by atoms with Gasteiger partial charge in [0.05, 0.1) is 38.6 Å². The Morgan fingerprint density at radius 2 is 0.704 bits per heavy atom. The van der Waals surface area contributed by atoms with Crippen LogP contribution in [0.3, 0.4) is 0 Å². The molecule has 19 nitrogen and oxygen atoms in total. The summed E-state index contributed by atoms with van der Waals surface area (Å²) in [5.74, 6) is -0.249. The number of carbonyl (C=O) groups is 1. The number of rotatable bonds is 50. The van der Waals surface area contributed by atoms with Crippen molar-refractivity contribution in [3.8, 4) is 0 Å². The molecule has 0 spiro atoms. The van der Waals surface area contributed by atoms with E-state index in [0.29, 0.717) is 12.8 Å². The van der Waals surface area contributed by atoms with Gasteiger partial charge in [-0.25, -0.2) is 0 Å². The second-order valence-electron chi connectivity index (χ2n) is 23.9. The lowest BCUT2D eigenvalue weighted by molar-refractivity contribution is -0.379. The van der Waals surface area contributed by atoms with Crippen molar-refractivity contribution in [2.75, 3.05) is 26.4 Å². The molecule has 0 aromatic carbocycles. The number of carbonyl (C=O) groups excluding carboxylic acids is 1. The predicted octanol–water partition coefficient (Wildman–Crippen LogP) is 7.16. The van der Waals surface area contributed by atoms with E-state index in [0.717, 1.165) is 57.8 Å². The first-order chi connectivity index (χ1) is 39.3. The molecule has 3 fully saturated rings. The molecule has 81 heavy (non-hydrogen) atoms. The van der Waals surface area contributed by atoms with Crippen molar-refractivity contribution in [1.82, 2.24) is 5.32 Å². The van der Waals surface area contributed by atoms with Crippen LogP contribution >= 0.6 is 0 Å². The van der Waals surface area contributed by atoms with Gasteiger partial charge in [0.2, 0.25) is 5.91 Å². The fourth-order valence-corrected chi connectivity index (χ4v) is 11.6. The van der Waals surface area contributed by atoms with Crippen LogP contribution in [-0.2, 0) is 33.2 Å². The molecule has 3 heterocycles. The molecule has 17 atom stereocenters. The van der Waals surface area contributed by atoms with Crippen molar-refractivity contribution in [1.29, 1.82) is 0 Å². The molecule has 3 rings (SSSR count). The Hall–Kier alpha value is -1.21. The number of amides is 1. The highest BCUT2D eigenvalue weighted by Gasteiger charge is 2.53. The normalized spacial score (nSPS) is 29.7. The summed E-state index contributed by atoms with van der Waals surface area (Å²) < 4.78 is 34.2. The Balaban J connectivity index is 1.33. The van der Waals surface area contributed by atoms with Crippen LogP contribution in [0, 0.1) is 0 Å². The largest absolute Gasteiger partial charge is 0.394 e. The summed E-state index contributed by atoms with van der Waals surface area (Å²) in [6.45, 7) is 1.74. The SMILES string of the molecule is CCCCCCCCCCCCCCCCCCCCCCCCCCCCCCCCC(O)C(COC1OC(CO)C(OC2OC(CO)C(OC3OC(CO)C(O)C(O)C3O)C(O)C2O)C(O)C1O)NC(=O)CCCCCCCC. The van der Waals surface area contributed by atoms with Crippen LogP contribution < -0.4 is 5.32 Å². The van der Waals surface area contributed by atoms with Crippen LogP contribution in [-0.4, -0.2) is 193 Å². The number of hydrogen-bond acceptors (Lipinski definition) is 18. The van der Waals surface area contributed by atoms with Gasteiger partial charge < -0.3 is 89.9 Å². The molecule has 0 bridgehead atoms. The molecule has 3 saturated heterocycles. The standard InChI is InChI=1S/C62H119NO18/c1-3-5-7-9-11-12-13-14-15-16-17-18-19-20-21-22-23-24-25-26-27-28-29-30-31-32-33-34-35-37-39-46(67)45(63-50(68)40-38-36-10-8-6-4-2)44-76-60-56(74)53(71)58(48(42-65)78-60)81-62-57(75)54(72)59(49(43-66)79-62)80-61-55(73)52(70)51(69)47(41-64)77-61/h45-49,51-62,64-67,69-75H,3-44H2,1-2H3,(H,63,68). The van der Waals surface area contributed by atoms with Crippen LogP contribution in [0.15, 0.2) is 0 Å². The van der Waals surface area contributed by atoms with Gasteiger partial charge >= 0.3 is 0 Å². The third-order valence-corrected chi connectivity index (χ3v) is 16.9. The molecule has 17 unspecified atom stereocenters. The summed E-state index contributed by atoms with van der Waals surface area (Å²) in [4.78, 5) is 13.2. The van der Waals surface area contributed by atoms with Crippen molar-refractivity contribution >= 4 is 5.91 Å². The Labute approximate surface area is 487 Å². The fraction of sp³-hybridized carbons (Fsp3) is 0.984. The maximum atomic E-state index is 13.2. The quantitative estimate of drug-likeness (QED) is 0.0269. The van der Waals surface area contributed by atoms with E-state index in [1.807, 2.05) is 0 Å². The maximum Gasteiger partial charge on any atom is 0.220 e. The highest BCUT2D eigenvalue weighted by Crippen LogP contribution is 2.33. The van der Waals surface area contributed by atoms with Gasteiger partial charge in [-0.1, -0.05) is 239 Å². The zero-order chi connectivity index (χ0) is 59.0. The molecular weight excluding hydrogens is 1050 g/mol. The van der Waals surface area contributed by atoms with Crippen LogP contribution in [0.25, 0.3) is 0 Å². The van der Waals surface area contributed by atoms with Crippen LogP contribution in [0.4, 0.5) is 0 Å². The van der Waals surface area contributed by atoms with Gasteiger partial charge in [-0.05, 0) is 12.8 Å². The molecule has 3 aliphatic rings. The molecule has 12 N–H and O–H groups in total. The van der Waals surface area contributed by atoms with Crippen molar-refractivity contribution in [2.45, 2.75) is 362 Å². The highest BCUT2D eigenvalue weighted by molar-refractivity contribution is 5.76.